The summed E-state index contributed by atoms with van der Waals surface area (Å²) in [6.45, 7) is 0.977. The molecule has 1 aromatic rings. The van der Waals surface area contributed by atoms with E-state index in [0.29, 0.717) is 4.90 Å². The van der Waals surface area contributed by atoms with Crippen LogP contribution in [0.15, 0.2) is 23.1 Å². The lowest BCUT2D eigenvalue weighted by atomic mass is 10.0. The second-order valence-electron chi connectivity index (χ2n) is 3.62. The molecular formula is C10H14ClNO2S. The summed E-state index contributed by atoms with van der Waals surface area (Å²) in [4.78, 5) is 0.417. The Balaban J connectivity index is 0.00000112. The van der Waals surface area contributed by atoms with Gasteiger partial charge in [0.25, 0.3) is 0 Å². The smallest absolute Gasteiger partial charge is 0.175 e. The minimum Gasteiger partial charge on any atom is -0.385 e. The van der Waals surface area contributed by atoms with E-state index in [4.69, 9.17) is 0 Å². The summed E-state index contributed by atoms with van der Waals surface area (Å²) in [5.41, 5.74) is 2.18. The van der Waals surface area contributed by atoms with Gasteiger partial charge in [0.2, 0.25) is 0 Å². The molecule has 3 nitrogen and oxygen atoms in total. The van der Waals surface area contributed by atoms with E-state index >= 15 is 0 Å². The van der Waals surface area contributed by atoms with E-state index in [1.165, 1.54) is 6.26 Å². The lowest BCUT2D eigenvalue weighted by Gasteiger charge is -2.18. The van der Waals surface area contributed by atoms with Crippen molar-refractivity contribution in [3.8, 4) is 0 Å². The van der Waals surface area contributed by atoms with Crippen LogP contribution in [0, 0.1) is 0 Å². The minimum absolute atomic E-state index is 0. The summed E-state index contributed by atoms with van der Waals surface area (Å²) in [6, 6.07) is 5.29. The van der Waals surface area contributed by atoms with Crippen molar-refractivity contribution in [3.05, 3.63) is 23.8 Å². The van der Waals surface area contributed by atoms with Crippen LogP contribution in [0.3, 0.4) is 0 Å². The molecule has 1 aliphatic heterocycles. The second-order valence-corrected chi connectivity index (χ2v) is 5.64. The predicted octanol–water partition coefficient (Wildman–Crippen LogP) is 1.87. The molecule has 1 aromatic carbocycles. The molecule has 0 aliphatic carbocycles. The van der Waals surface area contributed by atoms with Gasteiger partial charge in [-0.2, -0.15) is 0 Å². The summed E-state index contributed by atoms with van der Waals surface area (Å²) >= 11 is 0. The maximum Gasteiger partial charge on any atom is 0.175 e. The van der Waals surface area contributed by atoms with Gasteiger partial charge >= 0.3 is 0 Å². The summed E-state index contributed by atoms with van der Waals surface area (Å²) < 4.78 is 22.6. The Morgan fingerprint density at radius 1 is 1.33 bits per heavy atom. The number of fused-ring (bicyclic) bond motifs is 1. The van der Waals surface area contributed by atoms with Gasteiger partial charge < -0.3 is 5.32 Å². The van der Waals surface area contributed by atoms with Crippen LogP contribution in [0.5, 0.6) is 0 Å². The molecule has 0 unspecified atom stereocenters. The lowest BCUT2D eigenvalue weighted by Crippen LogP contribution is -2.12. The molecule has 0 fully saturated rings. The van der Waals surface area contributed by atoms with E-state index in [9.17, 15) is 8.42 Å². The molecule has 0 atom stereocenters. The van der Waals surface area contributed by atoms with Gasteiger partial charge in [-0.25, -0.2) is 8.42 Å². The van der Waals surface area contributed by atoms with Crippen molar-refractivity contribution in [1.29, 1.82) is 0 Å². The highest BCUT2D eigenvalue weighted by Gasteiger charge is 2.12. The van der Waals surface area contributed by atoms with Gasteiger partial charge in [0, 0.05) is 18.5 Å². The Morgan fingerprint density at radius 2 is 2.07 bits per heavy atom. The maximum absolute atomic E-state index is 11.3. The number of halogens is 1. The zero-order valence-electron chi connectivity index (χ0n) is 8.49. The lowest BCUT2D eigenvalue weighted by molar-refractivity contribution is 0.601. The third kappa shape index (κ3) is 2.63. The molecular weight excluding hydrogens is 234 g/mol. The fraction of sp³-hybridized carbons (Fsp3) is 0.400. The van der Waals surface area contributed by atoms with E-state index in [1.54, 1.807) is 12.1 Å². The molecule has 0 saturated carbocycles. The van der Waals surface area contributed by atoms with Crippen molar-refractivity contribution in [2.24, 2.45) is 0 Å². The van der Waals surface area contributed by atoms with Crippen molar-refractivity contribution >= 4 is 27.9 Å². The van der Waals surface area contributed by atoms with Crippen molar-refractivity contribution in [3.63, 3.8) is 0 Å². The van der Waals surface area contributed by atoms with Crippen LogP contribution in [0.4, 0.5) is 5.69 Å². The fourth-order valence-corrected chi connectivity index (χ4v) is 2.35. The first-order valence-electron chi connectivity index (χ1n) is 4.64. The summed E-state index contributed by atoms with van der Waals surface area (Å²) in [7, 11) is -3.06. The SMILES string of the molecule is CS(=O)(=O)c1ccc2c(c1)CCCN2.Cl. The van der Waals surface area contributed by atoms with E-state index in [0.717, 1.165) is 30.6 Å². The minimum atomic E-state index is -3.06. The Labute approximate surface area is 96.2 Å². The number of sulfone groups is 1. The van der Waals surface area contributed by atoms with Crippen molar-refractivity contribution < 1.29 is 8.42 Å². The highest BCUT2D eigenvalue weighted by Crippen LogP contribution is 2.24. The molecule has 1 aliphatic rings. The molecule has 0 amide bonds. The molecule has 0 bridgehead atoms. The number of hydrogen-bond acceptors (Lipinski definition) is 3. The van der Waals surface area contributed by atoms with Gasteiger partial charge in [-0.05, 0) is 36.6 Å². The second kappa shape index (κ2) is 4.41. The normalized spacial score (nSPS) is 14.7. The van der Waals surface area contributed by atoms with Gasteiger partial charge in [0.15, 0.2) is 9.84 Å². The molecule has 1 N–H and O–H groups in total. The first-order chi connectivity index (χ1) is 6.57. The van der Waals surface area contributed by atoms with Crippen LogP contribution in [0.25, 0.3) is 0 Å². The van der Waals surface area contributed by atoms with Crippen LogP contribution in [0.2, 0.25) is 0 Å². The number of anilines is 1. The number of nitrogens with one attached hydrogen (secondary N) is 1. The van der Waals surface area contributed by atoms with E-state index in [1.807, 2.05) is 6.07 Å². The molecule has 1 heterocycles. The van der Waals surface area contributed by atoms with Gasteiger partial charge in [0.05, 0.1) is 4.90 Å². The average Bonchev–Trinajstić information content (AvgIpc) is 2.16. The summed E-state index contributed by atoms with van der Waals surface area (Å²) in [6.07, 6.45) is 3.27. The van der Waals surface area contributed by atoms with Gasteiger partial charge in [0.1, 0.15) is 0 Å². The highest BCUT2D eigenvalue weighted by atomic mass is 35.5. The van der Waals surface area contributed by atoms with Crippen LogP contribution in [-0.2, 0) is 16.3 Å². The Bertz CT molecular complexity index is 456. The number of hydrogen-bond donors (Lipinski definition) is 1. The summed E-state index contributed by atoms with van der Waals surface area (Å²) in [5, 5.41) is 3.25. The van der Waals surface area contributed by atoms with Gasteiger partial charge in [-0.3, -0.25) is 0 Å². The van der Waals surface area contributed by atoms with Crippen LogP contribution in [-0.4, -0.2) is 21.2 Å². The van der Waals surface area contributed by atoms with Crippen LogP contribution < -0.4 is 5.32 Å². The fourth-order valence-electron chi connectivity index (χ4n) is 1.68. The maximum atomic E-state index is 11.3. The summed E-state index contributed by atoms with van der Waals surface area (Å²) in [5.74, 6) is 0. The first kappa shape index (κ1) is 12.3. The first-order valence-corrected chi connectivity index (χ1v) is 6.53. The molecule has 0 radical (unpaired) electrons. The van der Waals surface area contributed by atoms with E-state index in [-0.39, 0.29) is 12.4 Å². The number of benzene rings is 1. The topological polar surface area (TPSA) is 46.2 Å². The number of rotatable bonds is 1. The molecule has 2 rings (SSSR count). The van der Waals surface area contributed by atoms with E-state index < -0.39 is 9.84 Å². The van der Waals surface area contributed by atoms with Crippen molar-refractivity contribution in [1.82, 2.24) is 0 Å². The predicted molar refractivity (Wildman–Crippen MR) is 63.6 cm³/mol. The van der Waals surface area contributed by atoms with E-state index in [2.05, 4.69) is 5.32 Å². The molecule has 0 saturated heterocycles. The van der Waals surface area contributed by atoms with Crippen molar-refractivity contribution in [2.75, 3.05) is 18.1 Å². The standard InChI is InChI=1S/C10H13NO2S.ClH/c1-14(12,13)9-4-5-10-8(7-9)3-2-6-11-10;/h4-5,7,11H,2-3,6H2,1H3;1H. The van der Waals surface area contributed by atoms with Crippen LogP contribution in [0.1, 0.15) is 12.0 Å². The zero-order chi connectivity index (χ0) is 10.2. The monoisotopic (exact) mass is 247 g/mol. The Kier molecular flexibility index (Phi) is 3.62. The third-order valence-electron chi connectivity index (χ3n) is 2.44. The Morgan fingerprint density at radius 3 is 2.73 bits per heavy atom. The number of aryl methyl sites for hydroxylation is 1. The van der Waals surface area contributed by atoms with Crippen molar-refractivity contribution in [2.45, 2.75) is 17.7 Å². The molecule has 5 heteroatoms. The Hall–Kier alpha value is -0.740. The highest BCUT2D eigenvalue weighted by molar-refractivity contribution is 7.90. The molecule has 0 aromatic heterocycles. The quantitative estimate of drug-likeness (QED) is 0.824. The molecule has 84 valence electrons. The average molecular weight is 248 g/mol. The van der Waals surface area contributed by atoms with Gasteiger partial charge in [-0.15, -0.1) is 12.4 Å². The zero-order valence-corrected chi connectivity index (χ0v) is 10.1. The largest absolute Gasteiger partial charge is 0.385 e. The molecule has 15 heavy (non-hydrogen) atoms. The third-order valence-corrected chi connectivity index (χ3v) is 3.55. The molecule has 0 spiro atoms. The van der Waals surface area contributed by atoms with Crippen LogP contribution >= 0.6 is 12.4 Å². The van der Waals surface area contributed by atoms with Gasteiger partial charge in [-0.1, -0.05) is 0 Å².